The molecule has 0 aliphatic rings. The average molecular weight is 357 g/mol. The van der Waals surface area contributed by atoms with E-state index in [0.29, 0.717) is 12.3 Å². The summed E-state index contributed by atoms with van der Waals surface area (Å²) in [4.78, 5) is 13.9. The van der Waals surface area contributed by atoms with Crippen molar-refractivity contribution in [2.45, 2.75) is 13.0 Å². The SMILES string of the molecule is Cc1ccc(C(CNC(=O)COc2ccc(F)cc2)N(C)C)o1.Cl. The van der Waals surface area contributed by atoms with Crippen LogP contribution in [-0.2, 0) is 4.79 Å². The van der Waals surface area contributed by atoms with Gasteiger partial charge in [0.2, 0.25) is 0 Å². The molecule has 0 radical (unpaired) electrons. The molecule has 1 aromatic carbocycles. The van der Waals surface area contributed by atoms with E-state index in [9.17, 15) is 9.18 Å². The molecule has 1 amide bonds. The number of carbonyl (C=O) groups excluding carboxylic acids is 1. The molecule has 5 nitrogen and oxygen atoms in total. The molecule has 0 aliphatic carbocycles. The summed E-state index contributed by atoms with van der Waals surface area (Å²) in [5.41, 5.74) is 0. The van der Waals surface area contributed by atoms with E-state index in [2.05, 4.69) is 5.32 Å². The summed E-state index contributed by atoms with van der Waals surface area (Å²) >= 11 is 0. The van der Waals surface area contributed by atoms with Gasteiger partial charge in [-0.15, -0.1) is 12.4 Å². The third kappa shape index (κ3) is 5.86. The topological polar surface area (TPSA) is 54.7 Å². The Morgan fingerprint density at radius 2 is 1.92 bits per heavy atom. The minimum absolute atomic E-state index is 0. The zero-order chi connectivity index (χ0) is 16.8. The maximum Gasteiger partial charge on any atom is 0.258 e. The molecule has 132 valence electrons. The number of aryl methyl sites for hydroxylation is 1. The number of furan rings is 1. The summed E-state index contributed by atoms with van der Waals surface area (Å²) in [5, 5.41) is 2.81. The fourth-order valence-electron chi connectivity index (χ4n) is 2.11. The molecular weight excluding hydrogens is 335 g/mol. The predicted molar refractivity (Wildman–Crippen MR) is 92.0 cm³/mol. The minimum Gasteiger partial charge on any atom is -0.484 e. The van der Waals surface area contributed by atoms with Crippen LogP contribution in [0.3, 0.4) is 0 Å². The van der Waals surface area contributed by atoms with Gasteiger partial charge in [-0.25, -0.2) is 4.39 Å². The molecule has 24 heavy (non-hydrogen) atoms. The van der Waals surface area contributed by atoms with Crippen molar-refractivity contribution in [1.29, 1.82) is 0 Å². The zero-order valence-corrected chi connectivity index (χ0v) is 14.7. The van der Waals surface area contributed by atoms with E-state index in [-0.39, 0.29) is 36.8 Å². The number of hydrogen-bond donors (Lipinski definition) is 1. The lowest BCUT2D eigenvalue weighted by Crippen LogP contribution is -2.36. The van der Waals surface area contributed by atoms with Crippen molar-refractivity contribution in [1.82, 2.24) is 10.2 Å². The van der Waals surface area contributed by atoms with Crippen LogP contribution in [0.2, 0.25) is 0 Å². The molecule has 1 aromatic heterocycles. The van der Waals surface area contributed by atoms with E-state index in [4.69, 9.17) is 9.15 Å². The molecule has 2 aromatic rings. The first kappa shape index (κ1) is 20.0. The van der Waals surface area contributed by atoms with Crippen LogP contribution in [0.5, 0.6) is 5.75 Å². The molecule has 2 rings (SSSR count). The number of hydrogen-bond acceptors (Lipinski definition) is 4. The van der Waals surface area contributed by atoms with Gasteiger partial charge in [-0.1, -0.05) is 0 Å². The van der Waals surface area contributed by atoms with Crippen molar-refractivity contribution in [3.8, 4) is 5.75 Å². The van der Waals surface area contributed by atoms with Crippen LogP contribution in [-0.4, -0.2) is 38.1 Å². The summed E-state index contributed by atoms with van der Waals surface area (Å²) in [6.07, 6.45) is 0. The minimum atomic E-state index is -0.343. The number of amides is 1. The second-order valence-corrected chi connectivity index (χ2v) is 5.47. The highest BCUT2D eigenvalue weighted by Crippen LogP contribution is 2.19. The molecule has 0 saturated carbocycles. The standard InChI is InChI=1S/C17H21FN2O3.ClH/c1-12-4-9-16(23-12)15(20(2)3)10-19-17(21)11-22-14-7-5-13(18)6-8-14;/h4-9,15H,10-11H2,1-3H3,(H,19,21);1H. The number of nitrogens with zero attached hydrogens (tertiary/aromatic N) is 1. The third-order valence-electron chi connectivity index (χ3n) is 3.39. The normalized spacial score (nSPS) is 11.7. The maximum absolute atomic E-state index is 12.8. The van der Waals surface area contributed by atoms with E-state index in [1.807, 2.05) is 38.1 Å². The third-order valence-corrected chi connectivity index (χ3v) is 3.39. The summed E-state index contributed by atoms with van der Waals surface area (Å²) < 4.78 is 23.7. The number of rotatable bonds is 7. The van der Waals surface area contributed by atoms with E-state index < -0.39 is 0 Å². The fourth-order valence-corrected chi connectivity index (χ4v) is 2.11. The molecular formula is C17H22ClFN2O3. The van der Waals surface area contributed by atoms with E-state index in [1.54, 1.807) is 0 Å². The number of ether oxygens (including phenoxy) is 1. The Labute approximate surface area is 147 Å². The molecule has 7 heteroatoms. The van der Waals surface area contributed by atoms with Crippen LogP contribution in [0.25, 0.3) is 0 Å². The monoisotopic (exact) mass is 356 g/mol. The number of nitrogens with one attached hydrogen (secondary N) is 1. The lowest BCUT2D eigenvalue weighted by molar-refractivity contribution is -0.123. The van der Waals surface area contributed by atoms with Gasteiger partial charge in [-0.2, -0.15) is 0 Å². The summed E-state index contributed by atoms with van der Waals surface area (Å²) in [7, 11) is 3.84. The Balaban J connectivity index is 0.00000288. The molecule has 1 N–H and O–H groups in total. The Morgan fingerprint density at radius 1 is 1.25 bits per heavy atom. The second kappa shape index (κ2) is 9.30. The zero-order valence-electron chi connectivity index (χ0n) is 13.9. The van der Waals surface area contributed by atoms with E-state index in [1.165, 1.54) is 24.3 Å². The van der Waals surface area contributed by atoms with Crippen LogP contribution in [0, 0.1) is 12.7 Å². The second-order valence-electron chi connectivity index (χ2n) is 5.47. The predicted octanol–water partition coefficient (Wildman–Crippen LogP) is 2.95. The first-order chi connectivity index (χ1) is 11.0. The van der Waals surface area contributed by atoms with Gasteiger partial charge >= 0.3 is 0 Å². The van der Waals surface area contributed by atoms with Crippen LogP contribution < -0.4 is 10.1 Å². The molecule has 0 spiro atoms. The van der Waals surface area contributed by atoms with Gasteiger partial charge in [0.25, 0.3) is 5.91 Å². The quantitative estimate of drug-likeness (QED) is 0.828. The highest BCUT2D eigenvalue weighted by Gasteiger charge is 2.18. The number of benzene rings is 1. The van der Waals surface area contributed by atoms with E-state index >= 15 is 0 Å². The Morgan fingerprint density at radius 3 is 2.46 bits per heavy atom. The highest BCUT2D eigenvalue weighted by atomic mass is 35.5. The van der Waals surface area contributed by atoms with Crippen molar-refractivity contribution < 1.29 is 18.3 Å². The highest BCUT2D eigenvalue weighted by molar-refractivity contribution is 5.85. The van der Waals surface area contributed by atoms with Gasteiger partial charge in [-0.05, 0) is 57.4 Å². The summed E-state index contributed by atoms with van der Waals surface area (Å²) in [5.74, 6) is 1.49. The van der Waals surface area contributed by atoms with Gasteiger partial charge in [-0.3, -0.25) is 9.69 Å². The molecule has 1 unspecified atom stereocenters. The first-order valence-corrected chi connectivity index (χ1v) is 7.33. The molecule has 0 aliphatic heterocycles. The summed E-state index contributed by atoms with van der Waals surface area (Å²) in [6, 6.07) is 9.28. The van der Waals surface area contributed by atoms with Gasteiger partial charge in [0.15, 0.2) is 6.61 Å². The van der Waals surface area contributed by atoms with Crippen molar-refractivity contribution >= 4 is 18.3 Å². The average Bonchev–Trinajstić information content (AvgIpc) is 2.93. The van der Waals surface area contributed by atoms with Gasteiger partial charge in [0, 0.05) is 6.54 Å². The molecule has 0 saturated heterocycles. The fraction of sp³-hybridized carbons (Fsp3) is 0.353. The molecule has 1 atom stereocenters. The first-order valence-electron chi connectivity index (χ1n) is 7.33. The smallest absolute Gasteiger partial charge is 0.258 e. The van der Waals surface area contributed by atoms with Crippen molar-refractivity contribution in [3.05, 3.63) is 53.7 Å². The van der Waals surface area contributed by atoms with Crippen LogP contribution in [0.15, 0.2) is 40.8 Å². The summed E-state index contributed by atoms with van der Waals surface area (Å²) in [6.45, 7) is 2.17. The number of likely N-dealkylation sites (N-methyl/N-ethyl adjacent to an activating group) is 1. The maximum atomic E-state index is 12.8. The Bertz CT molecular complexity index is 644. The van der Waals surface area contributed by atoms with Gasteiger partial charge < -0.3 is 14.5 Å². The van der Waals surface area contributed by atoms with Crippen molar-refractivity contribution in [3.63, 3.8) is 0 Å². The molecule has 0 bridgehead atoms. The van der Waals surface area contributed by atoms with Crippen LogP contribution in [0.4, 0.5) is 4.39 Å². The molecule has 0 fully saturated rings. The largest absolute Gasteiger partial charge is 0.484 e. The lowest BCUT2D eigenvalue weighted by Gasteiger charge is -2.22. The van der Waals surface area contributed by atoms with Gasteiger partial charge in [0.05, 0.1) is 6.04 Å². The van der Waals surface area contributed by atoms with Gasteiger partial charge in [0.1, 0.15) is 23.1 Å². The van der Waals surface area contributed by atoms with E-state index in [0.717, 1.165) is 11.5 Å². The van der Waals surface area contributed by atoms with Crippen molar-refractivity contribution in [2.75, 3.05) is 27.2 Å². The van der Waals surface area contributed by atoms with Crippen LogP contribution >= 0.6 is 12.4 Å². The lowest BCUT2D eigenvalue weighted by atomic mass is 10.2. The number of carbonyl (C=O) groups is 1. The Hall–Kier alpha value is -2.05. The molecule has 1 heterocycles. The van der Waals surface area contributed by atoms with Crippen LogP contribution in [0.1, 0.15) is 17.6 Å². The Kier molecular flexibility index (Phi) is 7.74. The number of halogens is 2. The van der Waals surface area contributed by atoms with Crippen molar-refractivity contribution in [2.24, 2.45) is 0 Å².